The first kappa shape index (κ1) is 19.3. The summed E-state index contributed by atoms with van der Waals surface area (Å²) in [7, 11) is 1.73. The van der Waals surface area contributed by atoms with Crippen LogP contribution in [0.25, 0.3) is 0 Å². The van der Waals surface area contributed by atoms with Gasteiger partial charge in [-0.05, 0) is 63.0 Å². The number of rotatable bonds is 7. The summed E-state index contributed by atoms with van der Waals surface area (Å²) in [5, 5.41) is 6.57. The zero-order chi connectivity index (χ0) is 18.4. The number of methoxy groups -OCH3 is 1. The van der Waals surface area contributed by atoms with Gasteiger partial charge in [0.25, 0.3) is 0 Å². The van der Waals surface area contributed by atoms with Crippen molar-refractivity contribution in [3.8, 4) is 0 Å². The van der Waals surface area contributed by atoms with Gasteiger partial charge in [0.05, 0.1) is 12.6 Å². The van der Waals surface area contributed by atoms with E-state index in [0.29, 0.717) is 19.7 Å². The number of hydrogen-bond donors (Lipinski definition) is 2. The van der Waals surface area contributed by atoms with Gasteiger partial charge in [0, 0.05) is 25.6 Å². The molecule has 0 bridgehead atoms. The van der Waals surface area contributed by atoms with Gasteiger partial charge in [-0.2, -0.15) is 0 Å². The molecule has 2 heterocycles. The van der Waals surface area contributed by atoms with Gasteiger partial charge in [-0.25, -0.2) is 4.39 Å². The molecule has 1 unspecified atom stereocenters. The van der Waals surface area contributed by atoms with E-state index in [0.717, 1.165) is 50.9 Å². The SMILES string of the molecule is COCC1(CNC(=O)C2CCCN2Cc2ccc(F)cc2)CCNCC1. The molecule has 1 aromatic rings. The molecule has 144 valence electrons. The second kappa shape index (κ2) is 8.93. The van der Waals surface area contributed by atoms with Crippen LogP contribution in [0.3, 0.4) is 0 Å². The highest BCUT2D eigenvalue weighted by atomic mass is 19.1. The van der Waals surface area contributed by atoms with Crippen molar-refractivity contribution in [2.24, 2.45) is 5.41 Å². The fourth-order valence-electron chi connectivity index (χ4n) is 4.16. The zero-order valence-electron chi connectivity index (χ0n) is 15.6. The fraction of sp³-hybridized carbons (Fsp3) is 0.650. The molecule has 1 amide bonds. The lowest BCUT2D eigenvalue weighted by molar-refractivity contribution is -0.126. The quantitative estimate of drug-likeness (QED) is 0.777. The number of nitrogens with zero attached hydrogens (tertiary/aromatic N) is 1. The van der Waals surface area contributed by atoms with Crippen LogP contribution in [0.5, 0.6) is 0 Å². The van der Waals surface area contributed by atoms with E-state index in [-0.39, 0.29) is 23.2 Å². The van der Waals surface area contributed by atoms with Crippen LogP contribution < -0.4 is 10.6 Å². The van der Waals surface area contributed by atoms with E-state index in [1.807, 2.05) is 0 Å². The van der Waals surface area contributed by atoms with E-state index in [4.69, 9.17) is 4.74 Å². The monoisotopic (exact) mass is 363 g/mol. The summed E-state index contributed by atoms with van der Waals surface area (Å²) in [6.07, 6.45) is 3.94. The van der Waals surface area contributed by atoms with Crippen LogP contribution in [0.1, 0.15) is 31.2 Å². The molecule has 0 aromatic heterocycles. The number of carbonyl (C=O) groups excluding carboxylic acids is 1. The van der Waals surface area contributed by atoms with Crippen LogP contribution in [0.4, 0.5) is 4.39 Å². The maximum Gasteiger partial charge on any atom is 0.237 e. The molecule has 1 atom stereocenters. The Morgan fingerprint density at radius 2 is 2.08 bits per heavy atom. The van der Waals surface area contributed by atoms with Gasteiger partial charge >= 0.3 is 0 Å². The predicted molar refractivity (Wildman–Crippen MR) is 99.3 cm³/mol. The van der Waals surface area contributed by atoms with E-state index in [1.54, 1.807) is 19.2 Å². The minimum Gasteiger partial charge on any atom is -0.384 e. The Labute approximate surface area is 155 Å². The largest absolute Gasteiger partial charge is 0.384 e. The van der Waals surface area contributed by atoms with Gasteiger partial charge < -0.3 is 15.4 Å². The van der Waals surface area contributed by atoms with Gasteiger partial charge in [0.2, 0.25) is 5.91 Å². The molecular weight excluding hydrogens is 333 g/mol. The number of carbonyl (C=O) groups is 1. The summed E-state index contributed by atoms with van der Waals surface area (Å²) in [6, 6.07) is 6.45. The van der Waals surface area contributed by atoms with E-state index >= 15 is 0 Å². The summed E-state index contributed by atoms with van der Waals surface area (Å²) >= 11 is 0. The Hall–Kier alpha value is -1.50. The molecular formula is C20H30FN3O2. The first-order valence-electron chi connectivity index (χ1n) is 9.58. The Bertz CT molecular complexity index is 582. The van der Waals surface area contributed by atoms with Gasteiger partial charge in [-0.1, -0.05) is 12.1 Å². The number of piperidine rings is 1. The number of ether oxygens (including phenoxy) is 1. The predicted octanol–water partition coefficient (Wildman–Crippen LogP) is 1.92. The normalized spacial score (nSPS) is 23.1. The highest BCUT2D eigenvalue weighted by Crippen LogP contribution is 2.28. The Balaban J connectivity index is 1.56. The Morgan fingerprint density at radius 3 is 2.77 bits per heavy atom. The molecule has 0 aliphatic carbocycles. The van der Waals surface area contributed by atoms with Crippen LogP contribution in [-0.2, 0) is 16.1 Å². The number of hydrogen-bond acceptors (Lipinski definition) is 4. The van der Waals surface area contributed by atoms with Crippen LogP contribution in [0.15, 0.2) is 24.3 Å². The molecule has 3 rings (SSSR count). The molecule has 2 saturated heterocycles. The van der Waals surface area contributed by atoms with E-state index in [9.17, 15) is 9.18 Å². The lowest BCUT2D eigenvalue weighted by Crippen LogP contribution is -2.50. The van der Waals surface area contributed by atoms with Crippen molar-refractivity contribution in [2.75, 3.05) is 39.9 Å². The molecule has 6 heteroatoms. The van der Waals surface area contributed by atoms with Crippen LogP contribution >= 0.6 is 0 Å². The molecule has 5 nitrogen and oxygen atoms in total. The molecule has 2 aliphatic heterocycles. The van der Waals surface area contributed by atoms with Crippen LogP contribution in [0.2, 0.25) is 0 Å². The van der Waals surface area contributed by atoms with Crippen molar-refractivity contribution in [1.29, 1.82) is 0 Å². The first-order chi connectivity index (χ1) is 12.6. The molecule has 1 aromatic carbocycles. The van der Waals surface area contributed by atoms with Crippen molar-refractivity contribution < 1.29 is 13.9 Å². The van der Waals surface area contributed by atoms with Crippen molar-refractivity contribution >= 4 is 5.91 Å². The number of nitrogens with one attached hydrogen (secondary N) is 2. The van der Waals surface area contributed by atoms with E-state index in [2.05, 4.69) is 15.5 Å². The average Bonchev–Trinajstić information content (AvgIpc) is 3.11. The third-order valence-corrected chi connectivity index (χ3v) is 5.72. The molecule has 2 N–H and O–H groups in total. The molecule has 0 radical (unpaired) electrons. The topological polar surface area (TPSA) is 53.6 Å². The summed E-state index contributed by atoms with van der Waals surface area (Å²) in [4.78, 5) is 15.0. The van der Waals surface area contributed by atoms with Crippen molar-refractivity contribution in [3.63, 3.8) is 0 Å². The summed E-state index contributed by atoms with van der Waals surface area (Å²) < 4.78 is 18.5. The standard InChI is InChI=1S/C20H30FN3O2/c1-26-15-20(8-10-22-11-9-20)14-23-19(25)18-3-2-12-24(18)13-16-4-6-17(21)7-5-16/h4-7,18,22H,2-3,8-15H2,1H3,(H,23,25). The fourth-order valence-corrected chi connectivity index (χ4v) is 4.16. The van der Waals surface area contributed by atoms with E-state index in [1.165, 1.54) is 12.1 Å². The van der Waals surface area contributed by atoms with Crippen molar-refractivity contribution in [3.05, 3.63) is 35.6 Å². The highest BCUT2D eigenvalue weighted by Gasteiger charge is 2.35. The van der Waals surface area contributed by atoms with Crippen molar-refractivity contribution in [1.82, 2.24) is 15.5 Å². The Kier molecular flexibility index (Phi) is 6.62. The lowest BCUT2D eigenvalue weighted by Gasteiger charge is -2.37. The third-order valence-electron chi connectivity index (χ3n) is 5.72. The highest BCUT2D eigenvalue weighted by molar-refractivity contribution is 5.82. The Morgan fingerprint density at radius 1 is 1.35 bits per heavy atom. The van der Waals surface area contributed by atoms with Gasteiger partial charge in [-0.15, -0.1) is 0 Å². The van der Waals surface area contributed by atoms with Gasteiger partial charge in [-0.3, -0.25) is 9.69 Å². The second-order valence-corrected chi connectivity index (χ2v) is 7.66. The maximum atomic E-state index is 13.1. The number of amides is 1. The average molecular weight is 363 g/mol. The first-order valence-corrected chi connectivity index (χ1v) is 9.58. The molecule has 2 fully saturated rings. The smallest absolute Gasteiger partial charge is 0.237 e. The van der Waals surface area contributed by atoms with Crippen molar-refractivity contribution in [2.45, 2.75) is 38.3 Å². The summed E-state index contributed by atoms with van der Waals surface area (Å²) in [5.41, 5.74) is 1.08. The molecule has 0 saturated carbocycles. The minimum absolute atomic E-state index is 0.0377. The minimum atomic E-state index is -0.227. The molecule has 0 spiro atoms. The summed E-state index contributed by atoms with van der Waals surface area (Å²) in [6.45, 7) is 4.88. The lowest BCUT2D eigenvalue weighted by atomic mass is 9.79. The maximum absolute atomic E-state index is 13.1. The summed E-state index contributed by atoms with van der Waals surface area (Å²) in [5.74, 6) is -0.117. The van der Waals surface area contributed by atoms with Crippen LogP contribution in [-0.4, -0.2) is 56.7 Å². The zero-order valence-corrected chi connectivity index (χ0v) is 15.6. The molecule has 2 aliphatic rings. The van der Waals surface area contributed by atoms with E-state index < -0.39 is 0 Å². The third kappa shape index (κ3) is 4.81. The van der Waals surface area contributed by atoms with Gasteiger partial charge in [0.1, 0.15) is 5.82 Å². The van der Waals surface area contributed by atoms with Crippen LogP contribution in [0, 0.1) is 11.2 Å². The number of halogens is 1. The second-order valence-electron chi connectivity index (χ2n) is 7.66. The number of likely N-dealkylation sites (tertiary alicyclic amines) is 1. The molecule has 26 heavy (non-hydrogen) atoms. The van der Waals surface area contributed by atoms with Gasteiger partial charge in [0.15, 0.2) is 0 Å². The number of benzene rings is 1.